The molecule has 2 aromatic heterocycles. The molecule has 24 heavy (non-hydrogen) atoms. The third-order valence-electron chi connectivity index (χ3n) is 5.11. The van der Waals surface area contributed by atoms with Crippen LogP contribution in [0.5, 0.6) is 0 Å². The first-order valence-corrected chi connectivity index (χ1v) is 8.74. The average molecular weight is 327 g/mol. The van der Waals surface area contributed by atoms with Gasteiger partial charge in [0, 0.05) is 37.8 Å². The molecule has 0 radical (unpaired) electrons. The minimum absolute atomic E-state index is 0.190. The van der Waals surface area contributed by atoms with Gasteiger partial charge in [-0.3, -0.25) is 4.90 Å². The van der Waals surface area contributed by atoms with Crippen molar-refractivity contribution in [3.63, 3.8) is 0 Å². The summed E-state index contributed by atoms with van der Waals surface area (Å²) < 4.78 is 11.7. The van der Waals surface area contributed by atoms with Gasteiger partial charge in [-0.15, -0.1) is 0 Å². The van der Waals surface area contributed by atoms with Gasteiger partial charge >= 0.3 is 0 Å². The van der Waals surface area contributed by atoms with Crippen molar-refractivity contribution in [2.45, 2.75) is 19.9 Å². The first-order valence-electron chi connectivity index (χ1n) is 8.74. The SMILES string of the molecule is Cc1ccc(CN2CCOCC3(CCN(c4ccccn4)C3)C2)o1. The highest BCUT2D eigenvalue weighted by Gasteiger charge is 2.41. The van der Waals surface area contributed by atoms with Gasteiger partial charge in [-0.25, -0.2) is 4.98 Å². The summed E-state index contributed by atoms with van der Waals surface area (Å²) in [5.74, 6) is 3.10. The number of ether oxygens (including phenoxy) is 1. The maximum absolute atomic E-state index is 5.97. The summed E-state index contributed by atoms with van der Waals surface area (Å²) in [5.41, 5.74) is 0.190. The zero-order valence-electron chi connectivity index (χ0n) is 14.3. The Hall–Kier alpha value is -1.85. The quantitative estimate of drug-likeness (QED) is 0.867. The molecule has 5 nitrogen and oxygen atoms in total. The third-order valence-corrected chi connectivity index (χ3v) is 5.11. The molecule has 2 fully saturated rings. The van der Waals surface area contributed by atoms with E-state index in [0.29, 0.717) is 0 Å². The lowest BCUT2D eigenvalue weighted by molar-refractivity contribution is 0.0797. The third kappa shape index (κ3) is 3.32. The van der Waals surface area contributed by atoms with Gasteiger partial charge in [0.15, 0.2) is 0 Å². The molecule has 0 saturated carbocycles. The van der Waals surface area contributed by atoms with E-state index in [-0.39, 0.29) is 5.41 Å². The van der Waals surface area contributed by atoms with Crippen LogP contribution in [0.1, 0.15) is 17.9 Å². The number of hydrogen-bond acceptors (Lipinski definition) is 5. The lowest BCUT2D eigenvalue weighted by Crippen LogP contribution is -2.40. The summed E-state index contributed by atoms with van der Waals surface area (Å²) in [6.45, 7) is 8.57. The molecule has 0 bridgehead atoms. The maximum Gasteiger partial charge on any atom is 0.128 e. The molecular weight excluding hydrogens is 302 g/mol. The predicted molar refractivity (Wildman–Crippen MR) is 93.0 cm³/mol. The normalized spacial score (nSPS) is 25.3. The molecule has 1 unspecified atom stereocenters. The van der Waals surface area contributed by atoms with Crippen LogP contribution in [0, 0.1) is 12.3 Å². The average Bonchev–Trinajstić information content (AvgIpc) is 3.13. The lowest BCUT2D eigenvalue weighted by Gasteiger charge is -2.31. The van der Waals surface area contributed by atoms with Crippen LogP contribution in [0.3, 0.4) is 0 Å². The van der Waals surface area contributed by atoms with Crippen LogP contribution >= 0.6 is 0 Å². The smallest absolute Gasteiger partial charge is 0.128 e. The summed E-state index contributed by atoms with van der Waals surface area (Å²) >= 11 is 0. The van der Waals surface area contributed by atoms with E-state index in [0.717, 1.165) is 69.7 Å². The zero-order valence-corrected chi connectivity index (χ0v) is 14.3. The van der Waals surface area contributed by atoms with Crippen molar-refractivity contribution in [1.82, 2.24) is 9.88 Å². The van der Waals surface area contributed by atoms with Crippen LogP contribution in [0.25, 0.3) is 0 Å². The molecule has 2 saturated heterocycles. The Morgan fingerprint density at radius 1 is 1.17 bits per heavy atom. The summed E-state index contributed by atoms with van der Waals surface area (Å²) in [6, 6.07) is 10.3. The highest BCUT2D eigenvalue weighted by molar-refractivity contribution is 5.40. The van der Waals surface area contributed by atoms with E-state index in [1.54, 1.807) is 0 Å². The molecule has 4 heterocycles. The van der Waals surface area contributed by atoms with Gasteiger partial charge in [-0.2, -0.15) is 0 Å². The van der Waals surface area contributed by atoms with Crippen molar-refractivity contribution in [2.24, 2.45) is 5.41 Å². The molecule has 0 amide bonds. The monoisotopic (exact) mass is 327 g/mol. The van der Waals surface area contributed by atoms with Crippen molar-refractivity contribution >= 4 is 5.82 Å². The van der Waals surface area contributed by atoms with Crippen molar-refractivity contribution in [1.29, 1.82) is 0 Å². The molecule has 2 aliphatic heterocycles. The van der Waals surface area contributed by atoms with Crippen LogP contribution < -0.4 is 4.90 Å². The first-order chi connectivity index (χ1) is 11.7. The number of aromatic nitrogens is 1. The summed E-state index contributed by atoms with van der Waals surface area (Å²) in [4.78, 5) is 9.38. The molecule has 1 spiro atoms. The van der Waals surface area contributed by atoms with Crippen LogP contribution in [0.2, 0.25) is 0 Å². The van der Waals surface area contributed by atoms with Crippen LogP contribution in [0.15, 0.2) is 40.9 Å². The number of rotatable bonds is 3. The number of furan rings is 1. The number of anilines is 1. The molecule has 2 aliphatic rings. The maximum atomic E-state index is 5.97. The molecule has 128 valence electrons. The van der Waals surface area contributed by atoms with E-state index < -0.39 is 0 Å². The van der Waals surface area contributed by atoms with E-state index in [1.165, 1.54) is 0 Å². The second-order valence-electron chi connectivity index (χ2n) is 7.14. The minimum Gasteiger partial charge on any atom is -0.465 e. The van der Waals surface area contributed by atoms with Gasteiger partial charge in [0.05, 0.1) is 19.8 Å². The van der Waals surface area contributed by atoms with Crippen LogP contribution in [-0.2, 0) is 11.3 Å². The molecular formula is C19H25N3O2. The summed E-state index contributed by atoms with van der Waals surface area (Å²) in [6.07, 6.45) is 3.02. The van der Waals surface area contributed by atoms with Crippen molar-refractivity contribution in [3.05, 3.63) is 48.0 Å². The van der Waals surface area contributed by atoms with E-state index in [4.69, 9.17) is 9.15 Å². The Morgan fingerprint density at radius 2 is 2.12 bits per heavy atom. The highest BCUT2D eigenvalue weighted by atomic mass is 16.5. The number of pyridine rings is 1. The first kappa shape index (κ1) is 15.7. The van der Waals surface area contributed by atoms with E-state index in [1.807, 2.05) is 25.3 Å². The van der Waals surface area contributed by atoms with Crippen LogP contribution in [-0.4, -0.2) is 49.3 Å². The predicted octanol–water partition coefficient (Wildman–Crippen LogP) is 2.71. The van der Waals surface area contributed by atoms with Gasteiger partial charge in [0.1, 0.15) is 17.3 Å². The standard InChI is InChI=1S/C19H25N3O2/c1-16-5-6-17(24-16)12-21-10-11-23-15-19(13-21)7-9-22(14-19)18-4-2-3-8-20-18/h2-6,8H,7,9-15H2,1H3. The zero-order chi connectivity index (χ0) is 16.4. The molecule has 4 rings (SSSR count). The largest absolute Gasteiger partial charge is 0.465 e. The van der Waals surface area contributed by atoms with Gasteiger partial charge in [-0.1, -0.05) is 6.07 Å². The Bertz CT molecular complexity index is 672. The fourth-order valence-corrected chi connectivity index (χ4v) is 3.93. The van der Waals surface area contributed by atoms with Crippen LogP contribution in [0.4, 0.5) is 5.82 Å². The Kier molecular flexibility index (Phi) is 4.29. The fraction of sp³-hybridized carbons (Fsp3) is 0.526. The topological polar surface area (TPSA) is 41.7 Å². The van der Waals surface area contributed by atoms with Gasteiger partial charge < -0.3 is 14.1 Å². The van der Waals surface area contributed by atoms with E-state index in [9.17, 15) is 0 Å². The molecule has 0 aromatic carbocycles. The highest BCUT2D eigenvalue weighted by Crippen LogP contribution is 2.35. The molecule has 0 aliphatic carbocycles. The van der Waals surface area contributed by atoms with Crippen molar-refractivity contribution in [2.75, 3.05) is 44.3 Å². The number of hydrogen-bond donors (Lipinski definition) is 0. The molecule has 1 atom stereocenters. The van der Waals surface area contributed by atoms with Gasteiger partial charge in [0.2, 0.25) is 0 Å². The van der Waals surface area contributed by atoms with Crippen molar-refractivity contribution in [3.8, 4) is 0 Å². The van der Waals surface area contributed by atoms with Crippen molar-refractivity contribution < 1.29 is 9.15 Å². The summed E-state index contributed by atoms with van der Waals surface area (Å²) in [7, 11) is 0. The lowest BCUT2D eigenvalue weighted by atomic mass is 9.87. The Morgan fingerprint density at radius 3 is 2.92 bits per heavy atom. The van der Waals surface area contributed by atoms with E-state index >= 15 is 0 Å². The Balaban J connectivity index is 1.46. The minimum atomic E-state index is 0.190. The second kappa shape index (κ2) is 6.57. The van der Waals surface area contributed by atoms with E-state index in [2.05, 4.69) is 33.0 Å². The second-order valence-corrected chi connectivity index (χ2v) is 7.14. The number of nitrogens with zero attached hydrogens (tertiary/aromatic N) is 3. The Labute approximate surface area is 143 Å². The fourth-order valence-electron chi connectivity index (χ4n) is 3.93. The number of aryl methyl sites for hydroxylation is 1. The molecule has 2 aromatic rings. The van der Waals surface area contributed by atoms with Gasteiger partial charge in [-0.05, 0) is 37.6 Å². The molecule has 5 heteroatoms. The summed E-state index contributed by atoms with van der Waals surface area (Å²) in [5, 5.41) is 0. The molecule has 0 N–H and O–H groups in total. The van der Waals surface area contributed by atoms with Gasteiger partial charge in [0.25, 0.3) is 0 Å².